The monoisotopic (exact) mass is 366 g/mol. The number of rotatable bonds is 5. The van der Waals surface area contributed by atoms with Crippen molar-refractivity contribution in [1.82, 2.24) is 4.57 Å². The highest BCUT2D eigenvalue weighted by Crippen LogP contribution is 2.33. The molecule has 27 heavy (non-hydrogen) atoms. The Morgan fingerprint density at radius 3 is 2.33 bits per heavy atom. The third kappa shape index (κ3) is 3.50. The molecule has 0 fully saturated rings. The molecule has 0 aliphatic rings. The Labute approximate surface area is 154 Å². The zero-order valence-electron chi connectivity index (χ0n) is 14.9. The van der Waals surface area contributed by atoms with Crippen LogP contribution in [0, 0.1) is 10.1 Å². The number of aryl methyl sites for hydroxylation is 1. The third-order valence-electron chi connectivity index (χ3n) is 4.12. The van der Waals surface area contributed by atoms with Gasteiger partial charge in [-0.1, -0.05) is 18.2 Å². The number of aromatic nitrogens is 1. The molecule has 1 heterocycles. The fourth-order valence-electron chi connectivity index (χ4n) is 2.99. The number of hydrogen-bond donors (Lipinski definition) is 2. The van der Waals surface area contributed by atoms with E-state index in [0.29, 0.717) is 28.8 Å². The van der Waals surface area contributed by atoms with Gasteiger partial charge < -0.3 is 15.2 Å². The van der Waals surface area contributed by atoms with Gasteiger partial charge in [-0.3, -0.25) is 19.7 Å². The summed E-state index contributed by atoms with van der Waals surface area (Å²) < 4.78 is 1.39. The molecule has 1 amide bonds. The molecule has 0 unspecified atom stereocenters. The van der Waals surface area contributed by atoms with Gasteiger partial charge in [-0.25, -0.2) is 0 Å². The number of carbonyl (C=O) groups excluding carboxylic acids is 1. The van der Waals surface area contributed by atoms with Gasteiger partial charge in [0.15, 0.2) is 0 Å². The Kier molecular flexibility index (Phi) is 4.89. The fraction of sp³-hybridized carbons (Fsp3) is 0.158. The first kappa shape index (κ1) is 18.1. The van der Waals surface area contributed by atoms with Crippen molar-refractivity contribution in [2.75, 3.05) is 10.6 Å². The maximum absolute atomic E-state index is 12.7. The number of anilines is 3. The third-order valence-corrected chi connectivity index (χ3v) is 4.12. The van der Waals surface area contributed by atoms with Crippen LogP contribution in [0.2, 0.25) is 0 Å². The topological polar surface area (TPSA) is 106 Å². The van der Waals surface area contributed by atoms with E-state index in [1.54, 1.807) is 55.5 Å². The number of benzene rings is 2. The van der Waals surface area contributed by atoms with Gasteiger partial charge in [-0.15, -0.1) is 0 Å². The molecule has 0 atom stereocenters. The van der Waals surface area contributed by atoms with Gasteiger partial charge in [0.25, 0.3) is 0 Å². The maximum Gasteiger partial charge on any atom is 0.357 e. The minimum atomic E-state index is -0.658. The zero-order chi connectivity index (χ0) is 19.6. The molecule has 138 valence electrons. The molecule has 0 bridgehead atoms. The van der Waals surface area contributed by atoms with E-state index in [1.807, 2.05) is 0 Å². The molecule has 8 nitrogen and oxygen atoms in total. The summed E-state index contributed by atoms with van der Waals surface area (Å²) >= 11 is 0. The number of para-hydroxylation sites is 1. The summed E-state index contributed by atoms with van der Waals surface area (Å²) in [7, 11) is 0. The lowest BCUT2D eigenvalue weighted by Gasteiger charge is -2.14. The molecule has 0 spiro atoms. The molecule has 3 rings (SSSR count). The summed E-state index contributed by atoms with van der Waals surface area (Å²) in [6, 6.07) is 13.7. The van der Waals surface area contributed by atoms with Crippen LogP contribution in [0.4, 0.5) is 22.7 Å². The summed E-state index contributed by atoms with van der Waals surface area (Å²) in [4.78, 5) is 34.8. The Morgan fingerprint density at radius 1 is 1.11 bits per heavy atom. The first-order chi connectivity index (χ1) is 12.9. The molecule has 0 radical (unpaired) electrons. The van der Waals surface area contributed by atoms with Gasteiger partial charge >= 0.3 is 11.2 Å². The largest absolute Gasteiger partial charge is 0.357 e. The number of pyridine rings is 1. The van der Waals surface area contributed by atoms with Gasteiger partial charge in [0, 0.05) is 30.2 Å². The van der Waals surface area contributed by atoms with Gasteiger partial charge in [-0.2, -0.15) is 0 Å². The summed E-state index contributed by atoms with van der Waals surface area (Å²) in [6.07, 6.45) is 0. The van der Waals surface area contributed by atoms with Gasteiger partial charge in [0.05, 0.1) is 10.4 Å². The molecule has 2 aromatic carbocycles. The Balaban J connectivity index is 2.16. The summed E-state index contributed by atoms with van der Waals surface area (Å²) in [5.74, 6) is -0.194. The van der Waals surface area contributed by atoms with Crippen molar-refractivity contribution in [3.8, 4) is 0 Å². The van der Waals surface area contributed by atoms with E-state index in [1.165, 1.54) is 11.5 Å². The first-order valence-corrected chi connectivity index (χ1v) is 8.37. The predicted molar refractivity (Wildman–Crippen MR) is 105 cm³/mol. The Bertz CT molecular complexity index is 1090. The van der Waals surface area contributed by atoms with Crippen molar-refractivity contribution in [2.24, 2.45) is 0 Å². The number of fused-ring (bicyclic) bond motifs is 1. The van der Waals surface area contributed by atoms with E-state index in [-0.39, 0.29) is 11.6 Å². The number of nitro groups is 1. The van der Waals surface area contributed by atoms with Crippen molar-refractivity contribution < 1.29 is 9.72 Å². The number of carbonyl (C=O) groups is 1. The van der Waals surface area contributed by atoms with Crippen molar-refractivity contribution in [2.45, 2.75) is 20.4 Å². The lowest BCUT2D eigenvalue weighted by Crippen LogP contribution is -2.23. The SMILES string of the molecule is CCn1c(=O)c([N+](=O)[O-])c(Nc2ccc(NC(C)=O)cc2)c2ccccc21. The van der Waals surface area contributed by atoms with Crippen molar-refractivity contribution in [1.29, 1.82) is 0 Å². The second-order valence-corrected chi connectivity index (χ2v) is 5.93. The average Bonchev–Trinajstić information content (AvgIpc) is 2.63. The van der Waals surface area contributed by atoms with E-state index < -0.39 is 16.2 Å². The number of nitrogens with zero attached hydrogens (tertiary/aromatic N) is 2. The van der Waals surface area contributed by atoms with Crippen LogP contribution in [-0.4, -0.2) is 15.4 Å². The van der Waals surface area contributed by atoms with E-state index in [9.17, 15) is 19.7 Å². The normalized spacial score (nSPS) is 10.6. The van der Waals surface area contributed by atoms with E-state index in [2.05, 4.69) is 10.6 Å². The minimum Gasteiger partial charge on any atom is -0.349 e. The zero-order valence-corrected chi connectivity index (χ0v) is 14.9. The lowest BCUT2D eigenvalue weighted by molar-refractivity contribution is -0.385. The molecule has 0 aliphatic carbocycles. The number of nitrogens with one attached hydrogen (secondary N) is 2. The average molecular weight is 366 g/mol. The Morgan fingerprint density at radius 2 is 1.74 bits per heavy atom. The molecular formula is C19H18N4O4. The molecule has 8 heteroatoms. The lowest BCUT2D eigenvalue weighted by atomic mass is 10.1. The molecule has 0 saturated carbocycles. The standard InChI is InChI=1S/C19H18N4O4/c1-3-22-16-7-5-4-6-15(16)17(18(19(22)25)23(26)27)21-14-10-8-13(9-11-14)20-12(2)24/h4-11,21H,3H2,1-2H3,(H,20,24). The molecule has 0 aliphatic heterocycles. The van der Waals surface area contributed by atoms with Crippen LogP contribution in [0.3, 0.4) is 0 Å². The molecule has 2 N–H and O–H groups in total. The fourth-order valence-corrected chi connectivity index (χ4v) is 2.99. The van der Waals surface area contributed by atoms with Crippen LogP contribution in [0.5, 0.6) is 0 Å². The summed E-state index contributed by atoms with van der Waals surface area (Å²) in [5, 5.41) is 17.9. The van der Waals surface area contributed by atoms with E-state index >= 15 is 0 Å². The Hall–Kier alpha value is -3.68. The number of amides is 1. The minimum absolute atomic E-state index is 0.151. The van der Waals surface area contributed by atoms with E-state index in [4.69, 9.17) is 0 Å². The molecule has 3 aromatic rings. The molecule has 0 saturated heterocycles. The van der Waals surface area contributed by atoms with Crippen LogP contribution < -0.4 is 16.2 Å². The highest BCUT2D eigenvalue weighted by atomic mass is 16.6. The smallest absolute Gasteiger partial charge is 0.349 e. The summed E-state index contributed by atoms with van der Waals surface area (Å²) in [5.41, 5.74) is 0.783. The first-order valence-electron chi connectivity index (χ1n) is 8.37. The maximum atomic E-state index is 12.7. The highest BCUT2D eigenvalue weighted by molar-refractivity contribution is 5.98. The van der Waals surface area contributed by atoms with E-state index in [0.717, 1.165) is 0 Å². The van der Waals surface area contributed by atoms with Gasteiger partial charge in [-0.05, 0) is 37.3 Å². The van der Waals surface area contributed by atoms with Crippen LogP contribution in [-0.2, 0) is 11.3 Å². The highest BCUT2D eigenvalue weighted by Gasteiger charge is 2.25. The van der Waals surface area contributed by atoms with Gasteiger partial charge in [0.2, 0.25) is 5.91 Å². The predicted octanol–water partition coefficient (Wildman–Crippen LogP) is 3.63. The van der Waals surface area contributed by atoms with Crippen molar-refractivity contribution >= 4 is 39.6 Å². The second-order valence-electron chi connectivity index (χ2n) is 5.93. The quantitative estimate of drug-likeness (QED) is 0.530. The van der Waals surface area contributed by atoms with Crippen LogP contribution in [0.25, 0.3) is 10.9 Å². The second kappa shape index (κ2) is 7.28. The molecule has 1 aromatic heterocycles. The van der Waals surface area contributed by atoms with Crippen LogP contribution >= 0.6 is 0 Å². The van der Waals surface area contributed by atoms with Crippen molar-refractivity contribution in [3.05, 3.63) is 69.0 Å². The van der Waals surface area contributed by atoms with Crippen molar-refractivity contribution in [3.63, 3.8) is 0 Å². The van der Waals surface area contributed by atoms with Crippen LogP contribution in [0.15, 0.2) is 53.3 Å². The number of hydrogen-bond acceptors (Lipinski definition) is 5. The van der Waals surface area contributed by atoms with Gasteiger partial charge in [0.1, 0.15) is 5.69 Å². The molecular weight excluding hydrogens is 348 g/mol. The van der Waals surface area contributed by atoms with Crippen LogP contribution in [0.1, 0.15) is 13.8 Å². The summed E-state index contributed by atoms with van der Waals surface area (Å²) in [6.45, 7) is 3.50.